The Morgan fingerprint density at radius 3 is 2.47 bits per heavy atom. The maximum Gasteiger partial charge on any atom is 0.258 e. The molecule has 1 atom stereocenters. The molecule has 0 saturated heterocycles. The molecule has 2 saturated carbocycles. The largest absolute Gasteiger partial charge is 0.395 e. The number of aliphatic hydroxyl groups excluding tert-OH is 1. The molecule has 0 radical (unpaired) electrons. The van der Waals surface area contributed by atoms with E-state index in [9.17, 15) is 9.00 Å². The zero-order chi connectivity index (χ0) is 25.6. The number of amides is 1. The minimum absolute atomic E-state index is 0.0214. The van der Waals surface area contributed by atoms with E-state index in [0.717, 1.165) is 24.2 Å². The molecule has 2 fully saturated rings. The molecule has 1 amide bonds. The van der Waals surface area contributed by atoms with Crippen molar-refractivity contribution in [3.63, 3.8) is 0 Å². The fraction of sp³-hybridized carbons (Fsp3) is 0.536. The Labute approximate surface area is 221 Å². The van der Waals surface area contributed by atoms with Gasteiger partial charge in [0.05, 0.1) is 11.5 Å². The van der Waals surface area contributed by atoms with Crippen molar-refractivity contribution in [2.45, 2.75) is 75.1 Å². The standard InChI is InChI=1S/C28H37N3O3S2/c1-26(2,3)30-36(34)22-6-4-5-20(17-22)25(33)31-19-28(13-11-27(9-10-27)12-14-28)23-18-21(7-8-24(23)31)29-35-16-15-32/h4-8,17-18,29-30,32H,9-16,19H2,1-3H3. The molecule has 3 N–H and O–H groups in total. The van der Waals surface area contributed by atoms with Gasteiger partial charge in [0.15, 0.2) is 0 Å². The number of aliphatic hydroxyl groups is 1. The van der Waals surface area contributed by atoms with Crippen LogP contribution in [0.2, 0.25) is 0 Å². The second-order valence-corrected chi connectivity index (χ2v) is 13.8. The first kappa shape index (κ1) is 25.8. The first-order valence-corrected chi connectivity index (χ1v) is 15.0. The van der Waals surface area contributed by atoms with Gasteiger partial charge < -0.3 is 14.7 Å². The Kier molecular flexibility index (Phi) is 7.00. The summed E-state index contributed by atoms with van der Waals surface area (Å²) in [5, 5.41) is 9.14. The average Bonchev–Trinajstić information content (AvgIpc) is 3.55. The minimum atomic E-state index is -1.40. The van der Waals surface area contributed by atoms with E-state index in [-0.39, 0.29) is 23.5 Å². The second kappa shape index (κ2) is 9.78. The van der Waals surface area contributed by atoms with Crippen LogP contribution in [-0.4, -0.2) is 39.7 Å². The van der Waals surface area contributed by atoms with Crippen LogP contribution < -0.4 is 14.3 Å². The van der Waals surface area contributed by atoms with Gasteiger partial charge in [-0.1, -0.05) is 18.0 Å². The van der Waals surface area contributed by atoms with Gasteiger partial charge in [-0.25, -0.2) is 8.93 Å². The lowest BCUT2D eigenvalue weighted by atomic mass is 9.66. The predicted octanol–water partition coefficient (Wildman–Crippen LogP) is 5.40. The topological polar surface area (TPSA) is 81.7 Å². The molecule has 6 nitrogen and oxygen atoms in total. The van der Waals surface area contributed by atoms with Gasteiger partial charge in [0.25, 0.3) is 5.91 Å². The summed E-state index contributed by atoms with van der Waals surface area (Å²) < 4.78 is 19.3. The van der Waals surface area contributed by atoms with Crippen LogP contribution in [0.3, 0.4) is 0 Å². The fourth-order valence-corrected chi connectivity index (χ4v) is 7.29. The summed E-state index contributed by atoms with van der Waals surface area (Å²) in [6.45, 7) is 6.75. The molecule has 1 unspecified atom stereocenters. The maximum atomic E-state index is 13.9. The summed E-state index contributed by atoms with van der Waals surface area (Å²) in [7, 11) is -1.40. The third-order valence-corrected chi connectivity index (χ3v) is 10.1. The molecule has 194 valence electrons. The lowest BCUT2D eigenvalue weighted by Crippen LogP contribution is -2.40. The number of nitrogens with one attached hydrogen (secondary N) is 2. The van der Waals surface area contributed by atoms with E-state index in [4.69, 9.17) is 5.11 Å². The molecule has 8 heteroatoms. The zero-order valence-corrected chi connectivity index (χ0v) is 23.1. The van der Waals surface area contributed by atoms with Crippen LogP contribution in [0.5, 0.6) is 0 Å². The van der Waals surface area contributed by atoms with Crippen LogP contribution >= 0.6 is 11.9 Å². The molecule has 2 aromatic rings. The van der Waals surface area contributed by atoms with E-state index < -0.39 is 11.0 Å². The van der Waals surface area contributed by atoms with E-state index in [0.29, 0.717) is 28.2 Å². The SMILES string of the molecule is CC(C)(C)NS(=O)c1cccc(C(=O)N2CC3(CCC4(CC4)CC3)c3cc(NSCCO)ccc32)c1. The Morgan fingerprint density at radius 2 is 1.81 bits per heavy atom. The van der Waals surface area contributed by atoms with E-state index in [1.165, 1.54) is 43.2 Å². The third-order valence-electron chi connectivity index (χ3n) is 7.87. The van der Waals surface area contributed by atoms with Gasteiger partial charge in [0.2, 0.25) is 0 Å². The average molecular weight is 528 g/mol. The van der Waals surface area contributed by atoms with Crippen LogP contribution in [0.4, 0.5) is 11.4 Å². The van der Waals surface area contributed by atoms with Gasteiger partial charge in [0, 0.05) is 40.2 Å². The van der Waals surface area contributed by atoms with Crippen molar-refractivity contribution >= 4 is 40.2 Å². The molecule has 2 aromatic carbocycles. The van der Waals surface area contributed by atoms with Crippen molar-refractivity contribution in [3.8, 4) is 0 Å². The lowest BCUT2D eigenvalue weighted by Gasteiger charge is -2.38. The first-order valence-electron chi connectivity index (χ1n) is 12.9. The van der Waals surface area contributed by atoms with Gasteiger partial charge >= 0.3 is 0 Å². The van der Waals surface area contributed by atoms with Crippen LogP contribution in [0.1, 0.15) is 75.2 Å². The molecular formula is C28H37N3O3S2. The Balaban J connectivity index is 1.44. The van der Waals surface area contributed by atoms with E-state index in [1.54, 1.807) is 6.07 Å². The number of fused-ring (bicyclic) bond motifs is 2. The maximum absolute atomic E-state index is 13.9. The summed E-state index contributed by atoms with van der Waals surface area (Å²) in [6.07, 6.45) is 7.39. The summed E-state index contributed by atoms with van der Waals surface area (Å²) >= 11 is 1.49. The van der Waals surface area contributed by atoms with Crippen LogP contribution in [0, 0.1) is 5.41 Å². The number of nitrogens with zero attached hydrogens (tertiary/aromatic N) is 1. The van der Waals surface area contributed by atoms with Crippen molar-refractivity contribution in [1.82, 2.24) is 4.72 Å². The molecule has 2 spiro atoms. The Morgan fingerprint density at radius 1 is 1.08 bits per heavy atom. The van der Waals surface area contributed by atoms with E-state index in [1.807, 2.05) is 49.9 Å². The smallest absolute Gasteiger partial charge is 0.258 e. The molecular weight excluding hydrogens is 490 g/mol. The normalized spacial score (nSPS) is 20.4. The Hall–Kier alpha value is -1.87. The highest BCUT2D eigenvalue weighted by Gasteiger charge is 2.53. The predicted molar refractivity (Wildman–Crippen MR) is 149 cm³/mol. The number of hydrogen-bond donors (Lipinski definition) is 3. The van der Waals surface area contributed by atoms with Crippen molar-refractivity contribution in [2.24, 2.45) is 5.41 Å². The molecule has 1 aliphatic heterocycles. The van der Waals surface area contributed by atoms with E-state index in [2.05, 4.69) is 21.6 Å². The molecule has 2 aliphatic carbocycles. The number of carbonyl (C=O) groups is 1. The summed E-state index contributed by atoms with van der Waals surface area (Å²) in [4.78, 5) is 16.4. The van der Waals surface area contributed by atoms with Gasteiger partial charge in [0.1, 0.15) is 11.0 Å². The highest BCUT2D eigenvalue weighted by atomic mass is 32.2. The highest BCUT2D eigenvalue weighted by molar-refractivity contribution is 8.00. The minimum Gasteiger partial charge on any atom is -0.395 e. The lowest BCUT2D eigenvalue weighted by molar-refractivity contribution is 0.0980. The summed E-state index contributed by atoms with van der Waals surface area (Å²) in [5.74, 6) is 0.585. The molecule has 36 heavy (non-hydrogen) atoms. The first-order chi connectivity index (χ1) is 17.1. The molecule has 1 heterocycles. The molecule has 0 bridgehead atoms. The molecule has 3 aliphatic rings. The van der Waals surface area contributed by atoms with Gasteiger partial charge in [-0.15, -0.1) is 0 Å². The quantitative estimate of drug-likeness (QED) is 0.332. The number of rotatable bonds is 7. The van der Waals surface area contributed by atoms with Crippen LogP contribution in [-0.2, 0) is 16.4 Å². The van der Waals surface area contributed by atoms with Gasteiger partial charge in [-0.05, 0) is 107 Å². The van der Waals surface area contributed by atoms with Crippen molar-refractivity contribution in [1.29, 1.82) is 0 Å². The number of hydrogen-bond acceptors (Lipinski definition) is 5. The zero-order valence-electron chi connectivity index (χ0n) is 21.4. The van der Waals surface area contributed by atoms with Crippen molar-refractivity contribution < 1.29 is 14.1 Å². The van der Waals surface area contributed by atoms with E-state index >= 15 is 0 Å². The number of benzene rings is 2. The van der Waals surface area contributed by atoms with Crippen molar-refractivity contribution in [2.75, 3.05) is 28.5 Å². The van der Waals surface area contributed by atoms with Gasteiger partial charge in [-0.3, -0.25) is 4.79 Å². The number of carbonyl (C=O) groups excluding carboxylic acids is 1. The molecule has 5 rings (SSSR count). The monoisotopic (exact) mass is 527 g/mol. The van der Waals surface area contributed by atoms with Gasteiger partial charge in [-0.2, -0.15) is 0 Å². The molecule has 0 aromatic heterocycles. The van der Waals surface area contributed by atoms with Crippen molar-refractivity contribution in [3.05, 3.63) is 53.6 Å². The third kappa shape index (κ3) is 5.23. The summed E-state index contributed by atoms with van der Waals surface area (Å²) in [5.41, 5.74) is 4.07. The summed E-state index contributed by atoms with van der Waals surface area (Å²) in [6, 6.07) is 13.5. The highest BCUT2D eigenvalue weighted by Crippen LogP contribution is 2.62. The van der Waals surface area contributed by atoms with Crippen LogP contribution in [0.15, 0.2) is 47.4 Å². The number of anilines is 2. The second-order valence-electron chi connectivity index (χ2n) is 11.7. The fourth-order valence-electron chi connectivity index (χ4n) is 5.69. The van der Waals surface area contributed by atoms with Crippen LogP contribution in [0.25, 0.3) is 0 Å². The Bertz CT molecular complexity index is 1160.